The van der Waals surface area contributed by atoms with Crippen LogP contribution < -0.4 is 28.4 Å². The minimum atomic E-state index is -1.10. The molecule has 0 N–H and O–H groups in total. The highest BCUT2D eigenvalue weighted by molar-refractivity contribution is 5.92. The van der Waals surface area contributed by atoms with Crippen molar-refractivity contribution in [2.45, 2.75) is 99.3 Å². The van der Waals surface area contributed by atoms with Crippen LogP contribution in [0.25, 0.3) is 11.1 Å². The van der Waals surface area contributed by atoms with Crippen molar-refractivity contribution in [3.05, 3.63) is 118 Å². The van der Waals surface area contributed by atoms with Crippen LogP contribution in [0.2, 0.25) is 0 Å². The number of esters is 2. The van der Waals surface area contributed by atoms with Gasteiger partial charge in [0.1, 0.15) is 11.5 Å². The second-order valence-electron chi connectivity index (χ2n) is 14.4. The minimum Gasteiger partial charge on any atom is -0.493 e. The molecule has 0 bridgehead atoms. The first kappa shape index (κ1) is 42.6. The van der Waals surface area contributed by atoms with E-state index in [1.165, 1.54) is 0 Å². The zero-order valence-corrected chi connectivity index (χ0v) is 35.0. The van der Waals surface area contributed by atoms with E-state index in [0.29, 0.717) is 84.9 Å². The van der Waals surface area contributed by atoms with Gasteiger partial charge < -0.3 is 28.4 Å². The fourth-order valence-corrected chi connectivity index (χ4v) is 7.47. The van der Waals surface area contributed by atoms with E-state index in [9.17, 15) is 9.59 Å². The summed E-state index contributed by atoms with van der Waals surface area (Å²) in [7, 11) is 0. The molecule has 0 unspecified atom stereocenters. The molecule has 0 saturated carbocycles. The second-order valence-corrected chi connectivity index (χ2v) is 14.4. The third-order valence-corrected chi connectivity index (χ3v) is 9.96. The normalized spacial score (nSPS) is 12.3. The molecule has 0 spiro atoms. The summed E-state index contributed by atoms with van der Waals surface area (Å²) in [5.74, 6) is 1.55. The Hall–Kier alpha value is -5.50. The second kappa shape index (κ2) is 19.1. The van der Waals surface area contributed by atoms with Gasteiger partial charge in [-0.05, 0) is 86.8 Å². The molecule has 8 heteroatoms. The lowest BCUT2D eigenvalue weighted by molar-refractivity contribution is -0.131. The largest absolute Gasteiger partial charge is 0.493 e. The SMILES string of the molecule is C=C(C)C(=O)Oc1c(OCCC)cc(C2(c3cc(OCCC)c(OC(=O)C(=C)C)c(CC)c3OCCC)c3ccccc3-c3ccccc32)c(OCCC)c1CC. The molecule has 0 aromatic heterocycles. The van der Waals surface area contributed by atoms with Crippen molar-refractivity contribution >= 4 is 11.9 Å². The number of hydrogen-bond donors (Lipinski definition) is 0. The summed E-state index contributed by atoms with van der Waals surface area (Å²) in [6.07, 6.45) is 3.86. The Bertz CT molecular complexity index is 1980. The van der Waals surface area contributed by atoms with Crippen molar-refractivity contribution in [1.82, 2.24) is 0 Å². The Balaban J connectivity index is 2.10. The molecule has 0 atom stereocenters. The van der Waals surface area contributed by atoms with Gasteiger partial charge in [0.2, 0.25) is 0 Å². The predicted octanol–water partition coefficient (Wildman–Crippen LogP) is 11.3. The number of ether oxygens (including phenoxy) is 6. The summed E-state index contributed by atoms with van der Waals surface area (Å²) in [5, 5.41) is 0. The highest BCUT2D eigenvalue weighted by atomic mass is 16.6. The summed E-state index contributed by atoms with van der Waals surface area (Å²) in [5.41, 5.74) is 6.52. The van der Waals surface area contributed by atoms with Crippen LogP contribution in [-0.4, -0.2) is 38.4 Å². The summed E-state index contributed by atoms with van der Waals surface area (Å²) in [4.78, 5) is 26.6. The van der Waals surface area contributed by atoms with Crippen LogP contribution >= 0.6 is 0 Å². The maximum Gasteiger partial charge on any atom is 0.338 e. The Labute approximate surface area is 338 Å². The van der Waals surface area contributed by atoms with Gasteiger partial charge in [0.15, 0.2) is 23.0 Å². The standard InChI is InChI=1S/C49H58O8/c1-11-25-52-41-29-39(43(54-27-13-3)33(15-5)45(41)56-47(50)31(7)8)49(37-23-19-17-21-35(37)36-22-18-20-24-38(36)49)40-30-42(53-26-12-2)46(57-48(51)32(9)10)34(16-6)44(40)55-28-14-4/h17-24,29-30H,7,9,11-16,25-28H2,1-6,8,10H3. The average molecular weight is 775 g/mol. The molecule has 5 rings (SSSR count). The first-order valence-electron chi connectivity index (χ1n) is 20.4. The van der Waals surface area contributed by atoms with Crippen molar-refractivity contribution in [3.63, 3.8) is 0 Å². The van der Waals surface area contributed by atoms with Gasteiger partial charge in [-0.15, -0.1) is 0 Å². The maximum absolute atomic E-state index is 13.3. The summed E-state index contributed by atoms with van der Waals surface area (Å²) < 4.78 is 39.2. The third-order valence-electron chi connectivity index (χ3n) is 9.96. The molecule has 302 valence electrons. The zero-order valence-electron chi connectivity index (χ0n) is 35.0. The molecule has 57 heavy (non-hydrogen) atoms. The lowest BCUT2D eigenvalue weighted by Crippen LogP contribution is -2.31. The minimum absolute atomic E-state index is 0.269. The number of rotatable bonds is 20. The zero-order chi connectivity index (χ0) is 41.3. The molecular weight excluding hydrogens is 717 g/mol. The van der Waals surface area contributed by atoms with Crippen LogP contribution in [0.3, 0.4) is 0 Å². The van der Waals surface area contributed by atoms with Gasteiger partial charge in [0, 0.05) is 33.4 Å². The monoisotopic (exact) mass is 774 g/mol. The Morgan fingerprint density at radius 3 is 1.19 bits per heavy atom. The molecule has 1 aliphatic carbocycles. The molecule has 0 amide bonds. The van der Waals surface area contributed by atoms with Crippen molar-refractivity contribution in [3.8, 4) is 45.6 Å². The van der Waals surface area contributed by atoms with Gasteiger partial charge in [0.25, 0.3) is 0 Å². The van der Waals surface area contributed by atoms with E-state index in [1.54, 1.807) is 13.8 Å². The predicted molar refractivity (Wildman–Crippen MR) is 227 cm³/mol. The highest BCUT2D eigenvalue weighted by Crippen LogP contribution is 2.63. The van der Waals surface area contributed by atoms with E-state index in [-0.39, 0.29) is 11.1 Å². The molecular formula is C49H58O8. The van der Waals surface area contributed by atoms with Crippen LogP contribution in [-0.2, 0) is 27.8 Å². The maximum atomic E-state index is 13.3. The van der Waals surface area contributed by atoms with Gasteiger partial charge in [-0.1, -0.05) is 103 Å². The third kappa shape index (κ3) is 8.18. The molecule has 1 aliphatic rings. The van der Waals surface area contributed by atoms with Crippen molar-refractivity contribution in [1.29, 1.82) is 0 Å². The first-order chi connectivity index (χ1) is 27.5. The average Bonchev–Trinajstić information content (AvgIpc) is 3.51. The van der Waals surface area contributed by atoms with Crippen LogP contribution in [0.15, 0.2) is 85.0 Å². The molecule has 0 radical (unpaired) electrons. The molecule has 4 aromatic rings. The highest BCUT2D eigenvalue weighted by Gasteiger charge is 2.51. The summed E-state index contributed by atoms with van der Waals surface area (Å²) in [6.45, 7) is 24.8. The van der Waals surface area contributed by atoms with Crippen LogP contribution in [0.5, 0.6) is 34.5 Å². The van der Waals surface area contributed by atoms with E-state index >= 15 is 0 Å². The molecule has 0 heterocycles. The number of hydrogen-bond acceptors (Lipinski definition) is 8. The topological polar surface area (TPSA) is 89.5 Å². The summed E-state index contributed by atoms with van der Waals surface area (Å²) in [6, 6.07) is 20.8. The number of carbonyl (C=O) groups excluding carboxylic acids is 2. The number of carbonyl (C=O) groups is 2. The molecule has 0 saturated heterocycles. The quantitative estimate of drug-likeness (QED) is 0.0439. The van der Waals surface area contributed by atoms with Crippen molar-refractivity contribution < 1.29 is 38.0 Å². The Morgan fingerprint density at radius 1 is 0.509 bits per heavy atom. The van der Waals surface area contributed by atoms with Crippen molar-refractivity contribution in [2.75, 3.05) is 26.4 Å². The fraction of sp³-hybridized carbons (Fsp3) is 0.388. The molecule has 0 fully saturated rings. The van der Waals surface area contributed by atoms with E-state index in [2.05, 4.69) is 75.5 Å². The van der Waals surface area contributed by atoms with E-state index in [0.717, 1.165) is 59.1 Å². The Morgan fingerprint density at radius 2 is 0.860 bits per heavy atom. The molecule has 0 aliphatic heterocycles. The van der Waals surface area contributed by atoms with Crippen LogP contribution in [0.1, 0.15) is 114 Å². The van der Waals surface area contributed by atoms with Crippen LogP contribution in [0.4, 0.5) is 0 Å². The number of fused-ring (bicyclic) bond motifs is 3. The van der Waals surface area contributed by atoms with E-state index in [1.807, 2.05) is 39.8 Å². The Kier molecular flexibility index (Phi) is 14.3. The van der Waals surface area contributed by atoms with Crippen molar-refractivity contribution in [2.24, 2.45) is 0 Å². The van der Waals surface area contributed by atoms with Gasteiger partial charge in [0.05, 0.1) is 31.8 Å². The smallest absolute Gasteiger partial charge is 0.338 e. The molecule has 8 nitrogen and oxygen atoms in total. The lowest BCUT2D eigenvalue weighted by atomic mass is 9.66. The van der Waals surface area contributed by atoms with Gasteiger partial charge in [-0.3, -0.25) is 0 Å². The summed E-state index contributed by atoms with van der Waals surface area (Å²) >= 11 is 0. The van der Waals surface area contributed by atoms with Gasteiger partial charge in [-0.2, -0.15) is 0 Å². The van der Waals surface area contributed by atoms with Gasteiger partial charge in [-0.25, -0.2) is 9.59 Å². The van der Waals surface area contributed by atoms with E-state index in [4.69, 9.17) is 28.4 Å². The van der Waals surface area contributed by atoms with E-state index < -0.39 is 17.4 Å². The number of benzene rings is 4. The van der Waals surface area contributed by atoms with Crippen LogP contribution in [0, 0.1) is 0 Å². The van der Waals surface area contributed by atoms with Gasteiger partial charge >= 0.3 is 11.9 Å². The first-order valence-corrected chi connectivity index (χ1v) is 20.4. The lowest BCUT2D eigenvalue weighted by Gasteiger charge is -2.38. The molecule has 4 aromatic carbocycles. The fourth-order valence-electron chi connectivity index (χ4n) is 7.47.